The van der Waals surface area contributed by atoms with Crippen molar-refractivity contribution in [3.05, 3.63) is 29.3 Å². The summed E-state index contributed by atoms with van der Waals surface area (Å²) in [5.74, 6) is 1.29. The summed E-state index contributed by atoms with van der Waals surface area (Å²) < 4.78 is 10.4. The van der Waals surface area contributed by atoms with E-state index in [-0.39, 0.29) is 11.9 Å². The Balaban J connectivity index is 2.43. The Bertz CT molecular complexity index is 461. The molecule has 0 saturated heterocycles. The second-order valence-electron chi connectivity index (χ2n) is 5.49. The SMILES string of the molecule is COC(=O)C(c1cc(C(C)C)ccc1OC)C1CC1. The predicted molar refractivity (Wildman–Crippen MR) is 74.6 cm³/mol. The molecule has 0 radical (unpaired) electrons. The number of hydrogen-bond acceptors (Lipinski definition) is 3. The zero-order valence-corrected chi connectivity index (χ0v) is 12.1. The Morgan fingerprint density at radius 2 is 1.95 bits per heavy atom. The van der Waals surface area contributed by atoms with Crippen molar-refractivity contribution in [2.45, 2.75) is 38.5 Å². The van der Waals surface area contributed by atoms with Crippen LogP contribution in [0.4, 0.5) is 0 Å². The summed E-state index contributed by atoms with van der Waals surface area (Å²) in [4.78, 5) is 12.1. The van der Waals surface area contributed by atoms with E-state index in [1.165, 1.54) is 12.7 Å². The van der Waals surface area contributed by atoms with Gasteiger partial charge in [-0.1, -0.05) is 26.0 Å². The molecular weight excluding hydrogens is 240 g/mol. The maximum Gasteiger partial charge on any atom is 0.313 e. The fourth-order valence-corrected chi connectivity index (χ4v) is 2.48. The number of esters is 1. The summed E-state index contributed by atoms with van der Waals surface area (Å²) in [6.07, 6.45) is 2.18. The first-order chi connectivity index (χ1) is 9.08. The lowest BCUT2D eigenvalue weighted by molar-refractivity contribution is -0.143. The monoisotopic (exact) mass is 262 g/mol. The third-order valence-electron chi connectivity index (χ3n) is 3.80. The first-order valence-electron chi connectivity index (χ1n) is 6.84. The second-order valence-corrected chi connectivity index (χ2v) is 5.49. The van der Waals surface area contributed by atoms with Crippen molar-refractivity contribution in [1.82, 2.24) is 0 Å². The third kappa shape index (κ3) is 2.91. The molecule has 0 heterocycles. The highest BCUT2D eigenvalue weighted by Crippen LogP contribution is 2.46. The Morgan fingerprint density at radius 1 is 1.26 bits per heavy atom. The van der Waals surface area contributed by atoms with Gasteiger partial charge in [0.2, 0.25) is 0 Å². The van der Waals surface area contributed by atoms with Crippen LogP contribution in [0, 0.1) is 5.92 Å². The molecule has 1 fully saturated rings. The lowest BCUT2D eigenvalue weighted by atomic mass is 9.90. The molecule has 1 aromatic rings. The quantitative estimate of drug-likeness (QED) is 0.762. The highest BCUT2D eigenvalue weighted by molar-refractivity contribution is 5.80. The number of benzene rings is 1. The third-order valence-corrected chi connectivity index (χ3v) is 3.80. The van der Waals surface area contributed by atoms with Gasteiger partial charge in [-0.3, -0.25) is 4.79 Å². The summed E-state index contributed by atoms with van der Waals surface area (Å²) in [5, 5.41) is 0. The van der Waals surface area contributed by atoms with Gasteiger partial charge in [-0.2, -0.15) is 0 Å². The molecule has 1 unspecified atom stereocenters. The van der Waals surface area contributed by atoms with Crippen LogP contribution in [0.1, 0.15) is 49.7 Å². The van der Waals surface area contributed by atoms with E-state index < -0.39 is 0 Å². The molecule has 0 bridgehead atoms. The standard InChI is InChI=1S/C16H22O3/c1-10(2)12-7-8-14(18-3)13(9-12)15(11-5-6-11)16(17)19-4/h7-11,15H,5-6H2,1-4H3. The fraction of sp³-hybridized carbons (Fsp3) is 0.562. The van der Waals surface area contributed by atoms with Crippen LogP contribution in [0.25, 0.3) is 0 Å². The van der Waals surface area contributed by atoms with Gasteiger partial charge < -0.3 is 9.47 Å². The molecule has 1 aliphatic carbocycles. The van der Waals surface area contributed by atoms with E-state index in [9.17, 15) is 4.79 Å². The molecule has 1 atom stereocenters. The minimum absolute atomic E-state index is 0.151. The summed E-state index contributed by atoms with van der Waals surface area (Å²) >= 11 is 0. The van der Waals surface area contributed by atoms with Crippen molar-refractivity contribution in [1.29, 1.82) is 0 Å². The van der Waals surface area contributed by atoms with E-state index in [1.54, 1.807) is 7.11 Å². The van der Waals surface area contributed by atoms with E-state index >= 15 is 0 Å². The van der Waals surface area contributed by atoms with Crippen molar-refractivity contribution < 1.29 is 14.3 Å². The molecule has 1 aromatic carbocycles. The van der Waals surface area contributed by atoms with E-state index in [0.717, 1.165) is 24.2 Å². The lowest BCUT2D eigenvalue weighted by Crippen LogP contribution is -2.17. The number of hydrogen-bond donors (Lipinski definition) is 0. The topological polar surface area (TPSA) is 35.5 Å². The van der Waals surface area contributed by atoms with Crippen molar-refractivity contribution >= 4 is 5.97 Å². The van der Waals surface area contributed by atoms with E-state index in [2.05, 4.69) is 26.0 Å². The van der Waals surface area contributed by atoms with Crippen LogP contribution in [0.5, 0.6) is 5.75 Å². The molecule has 2 rings (SSSR count). The molecule has 0 aliphatic heterocycles. The Hall–Kier alpha value is -1.51. The summed E-state index contributed by atoms with van der Waals surface area (Å²) in [7, 11) is 3.10. The average Bonchev–Trinajstić information content (AvgIpc) is 3.23. The van der Waals surface area contributed by atoms with Crippen LogP contribution in [0.15, 0.2) is 18.2 Å². The number of ether oxygens (including phenoxy) is 2. The Kier molecular flexibility index (Phi) is 4.13. The van der Waals surface area contributed by atoms with Crippen LogP contribution < -0.4 is 4.74 Å². The summed E-state index contributed by atoms with van der Waals surface area (Å²) in [6.45, 7) is 4.30. The number of carbonyl (C=O) groups is 1. The van der Waals surface area contributed by atoms with Crippen LogP contribution in [-0.2, 0) is 9.53 Å². The van der Waals surface area contributed by atoms with Gasteiger partial charge >= 0.3 is 5.97 Å². The van der Waals surface area contributed by atoms with Crippen molar-refractivity contribution in [3.63, 3.8) is 0 Å². The largest absolute Gasteiger partial charge is 0.496 e. The van der Waals surface area contributed by atoms with Gasteiger partial charge in [-0.05, 0) is 36.3 Å². The van der Waals surface area contributed by atoms with Crippen molar-refractivity contribution in [2.75, 3.05) is 14.2 Å². The smallest absolute Gasteiger partial charge is 0.313 e. The zero-order chi connectivity index (χ0) is 14.0. The molecule has 1 saturated carbocycles. The number of methoxy groups -OCH3 is 2. The molecule has 19 heavy (non-hydrogen) atoms. The molecule has 0 aromatic heterocycles. The maximum atomic E-state index is 12.1. The van der Waals surface area contributed by atoms with Crippen LogP contribution in [0.3, 0.4) is 0 Å². The molecule has 0 amide bonds. The van der Waals surface area contributed by atoms with E-state index in [0.29, 0.717) is 11.8 Å². The Labute approximate surface area is 114 Å². The van der Waals surface area contributed by atoms with Crippen LogP contribution in [0.2, 0.25) is 0 Å². The predicted octanol–water partition coefficient (Wildman–Crippen LogP) is 3.49. The molecule has 3 heteroatoms. The first kappa shape index (κ1) is 13.9. The molecule has 0 N–H and O–H groups in total. The van der Waals surface area contributed by atoms with Crippen LogP contribution >= 0.6 is 0 Å². The minimum atomic E-state index is -0.182. The highest BCUT2D eigenvalue weighted by Gasteiger charge is 2.39. The van der Waals surface area contributed by atoms with Crippen molar-refractivity contribution in [2.24, 2.45) is 5.92 Å². The van der Waals surface area contributed by atoms with Gasteiger partial charge in [-0.25, -0.2) is 0 Å². The molecular formula is C16H22O3. The van der Waals surface area contributed by atoms with E-state index in [1.807, 2.05) is 6.07 Å². The number of carbonyl (C=O) groups excluding carboxylic acids is 1. The van der Waals surface area contributed by atoms with Gasteiger partial charge in [0, 0.05) is 5.56 Å². The molecule has 1 aliphatic rings. The molecule has 104 valence electrons. The lowest BCUT2D eigenvalue weighted by Gasteiger charge is -2.19. The van der Waals surface area contributed by atoms with E-state index in [4.69, 9.17) is 9.47 Å². The van der Waals surface area contributed by atoms with Gasteiger partial charge in [-0.15, -0.1) is 0 Å². The van der Waals surface area contributed by atoms with Gasteiger partial charge in [0.05, 0.1) is 20.1 Å². The second kappa shape index (κ2) is 5.64. The van der Waals surface area contributed by atoms with Gasteiger partial charge in [0.1, 0.15) is 5.75 Å². The van der Waals surface area contributed by atoms with Gasteiger partial charge in [0.15, 0.2) is 0 Å². The molecule has 3 nitrogen and oxygen atoms in total. The van der Waals surface area contributed by atoms with Crippen LogP contribution in [-0.4, -0.2) is 20.2 Å². The highest BCUT2D eigenvalue weighted by atomic mass is 16.5. The maximum absolute atomic E-state index is 12.1. The number of rotatable bonds is 5. The molecule has 0 spiro atoms. The Morgan fingerprint density at radius 3 is 2.42 bits per heavy atom. The summed E-state index contributed by atoms with van der Waals surface area (Å²) in [6, 6.07) is 6.13. The first-order valence-corrected chi connectivity index (χ1v) is 6.84. The fourth-order valence-electron chi connectivity index (χ4n) is 2.48. The summed E-state index contributed by atoms with van der Waals surface area (Å²) in [5.41, 5.74) is 2.20. The van der Waals surface area contributed by atoms with Crippen molar-refractivity contribution in [3.8, 4) is 5.75 Å². The zero-order valence-electron chi connectivity index (χ0n) is 12.1. The minimum Gasteiger partial charge on any atom is -0.496 e. The van der Waals surface area contributed by atoms with Gasteiger partial charge in [0.25, 0.3) is 0 Å². The average molecular weight is 262 g/mol. The normalized spacial score (nSPS) is 16.3.